The van der Waals surface area contributed by atoms with Gasteiger partial charge in [0.05, 0.1) is 17.9 Å². The van der Waals surface area contributed by atoms with Crippen LogP contribution in [0, 0.1) is 0 Å². The van der Waals surface area contributed by atoms with Crippen molar-refractivity contribution >= 4 is 0 Å². The van der Waals surface area contributed by atoms with Crippen LogP contribution in [0.15, 0.2) is 6.20 Å². The van der Waals surface area contributed by atoms with Gasteiger partial charge >= 0.3 is 0 Å². The van der Waals surface area contributed by atoms with E-state index in [1.165, 1.54) is 44.5 Å². The quantitative estimate of drug-likeness (QED) is 0.876. The zero-order valence-corrected chi connectivity index (χ0v) is 14.1. The van der Waals surface area contributed by atoms with E-state index in [-0.39, 0.29) is 11.6 Å². The molecule has 0 bridgehead atoms. The molecule has 1 aliphatic rings. The van der Waals surface area contributed by atoms with E-state index in [0.29, 0.717) is 0 Å². The molecule has 1 aromatic heterocycles. The normalized spacial score (nSPS) is 19.4. The van der Waals surface area contributed by atoms with E-state index in [4.69, 9.17) is 0 Å². The Morgan fingerprint density at radius 2 is 1.90 bits per heavy atom. The van der Waals surface area contributed by atoms with Gasteiger partial charge in [-0.25, -0.2) is 4.68 Å². The summed E-state index contributed by atoms with van der Waals surface area (Å²) in [6.07, 6.45) is 8.37. The van der Waals surface area contributed by atoms with Gasteiger partial charge in [-0.05, 0) is 53.2 Å². The molecular weight excluding hydrogens is 262 g/mol. The highest BCUT2D eigenvalue weighted by atomic mass is 15.4. The molecule has 1 fully saturated rings. The second-order valence-corrected chi connectivity index (χ2v) is 6.66. The molecule has 1 saturated heterocycles. The largest absolute Gasteiger partial charge is 0.310 e. The highest BCUT2D eigenvalue weighted by molar-refractivity contribution is 5.11. The van der Waals surface area contributed by atoms with Crippen LogP contribution in [-0.2, 0) is 6.54 Å². The Balaban J connectivity index is 2.23. The molecule has 2 heterocycles. The van der Waals surface area contributed by atoms with Crippen molar-refractivity contribution in [1.29, 1.82) is 0 Å². The van der Waals surface area contributed by atoms with Crippen molar-refractivity contribution in [3.8, 4) is 0 Å². The smallest absolute Gasteiger partial charge is 0.0775 e. The lowest BCUT2D eigenvalue weighted by Crippen LogP contribution is -2.53. The van der Waals surface area contributed by atoms with Crippen LogP contribution in [0.5, 0.6) is 0 Å². The summed E-state index contributed by atoms with van der Waals surface area (Å²) in [4.78, 5) is 2.64. The monoisotopic (exact) mass is 293 g/mol. The standard InChI is InChI=1S/C16H31N5/c1-5-10-21-14(13-18-19-21)15(17-4)16(2,3)20-11-8-6-7-9-12-20/h13,15,17H,5-12H2,1-4H3. The third-order valence-electron chi connectivity index (χ3n) is 4.80. The number of aromatic nitrogens is 3. The molecule has 5 nitrogen and oxygen atoms in total. The van der Waals surface area contributed by atoms with Crippen molar-refractivity contribution in [1.82, 2.24) is 25.2 Å². The Morgan fingerprint density at radius 1 is 1.24 bits per heavy atom. The Bertz CT molecular complexity index is 418. The summed E-state index contributed by atoms with van der Waals surface area (Å²) in [5.74, 6) is 0. The number of rotatable bonds is 6. The van der Waals surface area contributed by atoms with Gasteiger partial charge in [0.25, 0.3) is 0 Å². The molecule has 1 aliphatic heterocycles. The van der Waals surface area contributed by atoms with Crippen molar-refractivity contribution in [3.05, 3.63) is 11.9 Å². The molecule has 0 spiro atoms. The van der Waals surface area contributed by atoms with E-state index < -0.39 is 0 Å². The first-order valence-corrected chi connectivity index (χ1v) is 8.42. The van der Waals surface area contributed by atoms with Crippen LogP contribution in [0.25, 0.3) is 0 Å². The first kappa shape index (κ1) is 16.4. The maximum Gasteiger partial charge on any atom is 0.0775 e. The van der Waals surface area contributed by atoms with E-state index in [1.807, 2.05) is 13.2 Å². The van der Waals surface area contributed by atoms with Gasteiger partial charge in [-0.1, -0.05) is 25.0 Å². The number of likely N-dealkylation sites (N-methyl/N-ethyl adjacent to an activating group) is 1. The molecular formula is C16H31N5. The molecule has 1 N–H and O–H groups in total. The maximum atomic E-state index is 4.26. The summed E-state index contributed by atoms with van der Waals surface area (Å²) >= 11 is 0. The molecule has 0 aliphatic carbocycles. The molecule has 0 saturated carbocycles. The lowest BCUT2D eigenvalue weighted by atomic mass is 9.89. The Labute approximate surface area is 129 Å². The molecule has 0 amide bonds. The van der Waals surface area contributed by atoms with Gasteiger partial charge in [0, 0.05) is 12.1 Å². The minimum atomic E-state index is 0.0618. The second kappa shape index (κ2) is 7.36. The van der Waals surface area contributed by atoms with Crippen LogP contribution >= 0.6 is 0 Å². The fraction of sp³-hybridized carbons (Fsp3) is 0.875. The van der Waals surface area contributed by atoms with Crippen LogP contribution in [0.4, 0.5) is 0 Å². The van der Waals surface area contributed by atoms with Gasteiger partial charge in [0.15, 0.2) is 0 Å². The Hall–Kier alpha value is -0.940. The van der Waals surface area contributed by atoms with Crippen LogP contribution in [0.3, 0.4) is 0 Å². The predicted octanol–water partition coefficient (Wildman–Crippen LogP) is 2.60. The molecule has 0 radical (unpaired) electrons. The molecule has 1 atom stereocenters. The van der Waals surface area contributed by atoms with Gasteiger partial charge in [0.2, 0.25) is 0 Å². The minimum Gasteiger partial charge on any atom is -0.310 e. The lowest BCUT2D eigenvalue weighted by Gasteiger charge is -2.43. The molecule has 1 unspecified atom stereocenters. The fourth-order valence-corrected chi connectivity index (χ4v) is 3.57. The topological polar surface area (TPSA) is 46.0 Å². The summed E-state index contributed by atoms with van der Waals surface area (Å²) in [7, 11) is 2.05. The van der Waals surface area contributed by atoms with Gasteiger partial charge < -0.3 is 5.32 Å². The molecule has 120 valence electrons. The molecule has 1 aromatic rings. The summed E-state index contributed by atoms with van der Waals surface area (Å²) in [5, 5.41) is 11.9. The number of aryl methyl sites for hydroxylation is 1. The van der Waals surface area contributed by atoms with Crippen molar-refractivity contribution in [2.75, 3.05) is 20.1 Å². The SMILES string of the molecule is CCCn1nncc1C(NC)C(C)(C)N1CCCCCC1. The first-order chi connectivity index (χ1) is 10.1. The zero-order chi connectivity index (χ0) is 15.3. The van der Waals surface area contributed by atoms with Crippen molar-refractivity contribution in [2.24, 2.45) is 0 Å². The Morgan fingerprint density at radius 3 is 2.48 bits per heavy atom. The molecule has 21 heavy (non-hydrogen) atoms. The van der Waals surface area contributed by atoms with Crippen LogP contribution in [0.2, 0.25) is 0 Å². The number of hydrogen-bond acceptors (Lipinski definition) is 4. The number of hydrogen-bond donors (Lipinski definition) is 1. The minimum absolute atomic E-state index is 0.0618. The predicted molar refractivity (Wildman–Crippen MR) is 86.2 cm³/mol. The number of nitrogens with zero attached hydrogens (tertiary/aromatic N) is 4. The maximum absolute atomic E-state index is 4.26. The van der Waals surface area contributed by atoms with Crippen molar-refractivity contribution in [2.45, 2.75) is 71.0 Å². The third kappa shape index (κ3) is 3.64. The molecule has 2 rings (SSSR count). The second-order valence-electron chi connectivity index (χ2n) is 6.66. The number of likely N-dealkylation sites (tertiary alicyclic amines) is 1. The molecule has 0 aromatic carbocycles. The van der Waals surface area contributed by atoms with E-state index in [9.17, 15) is 0 Å². The average Bonchev–Trinajstić information content (AvgIpc) is 2.74. The van der Waals surface area contributed by atoms with Gasteiger partial charge in [-0.3, -0.25) is 4.90 Å². The highest BCUT2D eigenvalue weighted by Crippen LogP contribution is 2.32. The van der Waals surface area contributed by atoms with E-state index in [0.717, 1.165) is 13.0 Å². The van der Waals surface area contributed by atoms with Gasteiger partial charge in [-0.2, -0.15) is 0 Å². The summed E-state index contributed by atoms with van der Waals surface area (Å²) in [6, 6.07) is 0.247. The van der Waals surface area contributed by atoms with Gasteiger partial charge in [-0.15, -0.1) is 5.10 Å². The summed E-state index contributed by atoms with van der Waals surface area (Å²) in [6.45, 7) is 10.2. The van der Waals surface area contributed by atoms with Crippen LogP contribution in [0.1, 0.15) is 64.6 Å². The summed E-state index contributed by atoms with van der Waals surface area (Å²) in [5.41, 5.74) is 1.26. The Kier molecular flexibility index (Phi) is 5.76. The number of nitrogens with one attached hydrogen (secondary N) is 1. The van der Waals surface area contributed by atoms with Crippen molar-refractivity contribution < 1.29 is 0 Å². The summed E-state index contributed by atoms with van der Waals surface area (Å²) < 4.78 is 2.06. The highest BCUT2D eigenvalue weighted by Gasteiger charge is 2.37. The van der Waals surface area contributed by atoms with Crippen LogP contribution in [-0.4, -0.2) is 45.6 Å². The molecule has 5 heteroatoms. The third-order valence-corrected chi connectivity index (χ3v) is 4.80. The lowest BCUT2D eigenvalue weighted by molar-refractivity contribution is 0.0829. The fourth-order valence-electron chi connectivity index (χ4n) is 3.57. The van der Waals surface area contributed by atoms with Crippen LogP contribution < -0.4 is 5.32 Å². The zero-order valence-electron chi connectivity index (χ0n) is 14.1. The van der Waals surface area contributed by atoms with Gasteiger partial charge in [0.1, 0.15) is 0 Å². The van der Waals surface area contributed by atoms with Crippen molar-refractivity contribution in [3.63, 3.8) is 0 Å². The van der Waals surface area contributed by atoms with E-state index in [1.54, 1.807) is 0 Å². The van der Waals surface area contributed by atoms with E-state index in [2.05, 4.69) is 46.0 Å². The average molecular weight is 293 g/mol. The first-order valence-electron chi connectivity index (χ1n) is 8.42. The van der Waals surface area contributed by atoms with E-state index >= 15 is 0 Å².